The molecule has 3 rings (SSSR count). The molecule has 0 radical (unpaired) electrons. The van der Waals surface area contributed by atoms with Gasteiger partial charge in [0.15, 0.2) is 0 Å². The number of hydrogen-bond donors (Lipinski definition) is 1. The Bertz CT molecular complexity index is 650. The molecule has 0 bridgehead atoms. The Labute approximate surface area is 147 Å². The van der Waals surface area contributed by atoms with Crippen molar-refractivity contribution < 1.29 is 4.79 Å². The molecular formula is C18H24N4OS. The van der Waals surface area contributed by atoms with Crippen molar-refractivity contribution >= 4 is 17.4 Å². The van der Waals surface area contributed by atoms with Crippen molar-refractivity contribution in [2.45, 2.75) is 38.6 Å². The second kappa shape index (κ2) is 8.35. The lowest BCUT2D eigenvalue weighted by Crippen LogP contribution is -2.45. The third-order valence-corrected chi connectivity index (χ3v) is 5.35. The number of likely N-dealkylation sites (tertiary alicyclic amines) is 1. The highest BCUT2D eigenvalue weighted by atomic mass is 32.1. The first-order valence-corrected chi connectivity index (χ1v) is 9.42. The lowest BCUT2D eigenvalue weighted by atomic mass is 10.0. The van der Waals surface area contributed by atoms with Gasteiger partial charge < -0.3 is 10.2 Å². The van der Waals surface area contributed by atoms with Crippen LogP contribution in [0.15, 0.2) is 30.3 Å². The van der Waals surface area contributed by atoms with Crippen molar-refractivity contribution in [3.05, 3.63) is 46.5 Å². The molecule has 5 nitrogen and oxygen atoms in total. The number of carbonyl (C=O) groups is 1. The van der Waals surface area contributed by atoms with Crippen LogP contribution in [0.3, 0.4) is 0 Å². The zero-order valence-electron chi connectivity index (χ0n) is 14.1. The van der Waals surface area contributed by atoms with Crippen molar-refractivity contribution in [1.82, 2.24) is 19.8 Å². The van der Waals surface area contributed by atoms with Crippen LogP contribution in [0.1, 0.15) is 40.7 Å². The minimum absolute atomic E-state index is 0.00964. The molecule has 1 aromatic carbocycles. The molecule has 1 aliphatic rings. The Morgan fingerprint density at radius 2 is 2.04 bits per heavy atom. The fourth-order valence-corrected chi connectivity index (χ4v) is 3.75. The van der Waals surface area contributed by atoms with Gasteiger partial charge in [-0.15, -0.1) is 5.10 Å². The fourth-order valence-electron chi connectivity index (χ4n) is 3.10. The van der Waals surface area contributed by atoms with E-state index >= 15 is 0 Å². The third kappa shape index (κ3) is 4.39. The Hall–Kier alpha value is -1.79. The largest absolute Gasteiger partial charge is 0.348 e. The second-order valence-corrected chi connectivity index (χ2v) is 6.98. The summed E-state index contributed by atoms with van der Waals surface area (Å²) in [7, 11) is 0. The SMILES string of the molecule is CCc1nnsc1C(=O)NC1CCN(CCc2ccccc2)CC1. The Balaban J connectivity index is 1.43. The smallest absolute Gasteiger partial charge is 0.265 e. The van der Waals surface area contributed by atoms with Gasteiger partial charge in [0.05, 0.1) is 5.69 Å². The molecule has 0 spiro atoms. The van der Waals surface area contributed by atoms with Crippen LogP contribution in [0.4, 0.5) is 0 Å². The van der Waals surface area contributed by atoms with E-state index in [4.69, 9.17) is 0 Å². The Morgan fingerprint density at radius 1 is 1.29 bits per heavy atom. The van der Waals surface area contributed by atoms with Gasteiger partial charge in [0.25, 0.3) is 5.91 Å². The van der Waals surface area contributed by atoms with E-state index in [1.807, 2.05) is 6.92 Å². The molecule has 1 aromatic heterocycles. The molecule has 2 heterocycles. The van der Waals surface area contributed by atoms with Crippen LogP contribution in [-0.4, -0.2) is 46.1 Å². The van der Waals surface area contributed by atoms with Gasteiger partial charge in [-0.1, -0.05) is 41.7 Å². The second-order valence-electron chi connectivity index (χ2n) is 6.23. The van der Waals surface area contributed by atoms with E-state index in [9.17, 15) is 4.79 Å². The number of nitrogens with one attached hydrogen (secondary N) is 1. The lowest BCUT2D eigenvalue weighted by molar-refractivity contribution is 0.0914. The molecule has 128 valence electrons. The number of aromatic nitrogens is 2. The van der Waals surface area contributed by atoms with Crippen LogP contribution in [0.2, 0.25) is 0 Å². The number of nitrogens with zero attached hydrogens (tertiary/aromatic N) is 3. The molecule has 0 aliphatic carbocycles. The predicted octanol–water partition coefficient (Wildman–Crippen LogP) is 2.54. The molecule has 1 aliphatic heterocycles. The highest BCUT2D eigenvalue weighted by Crippen LogP contribution is 2.15. The third-order valence-electron chi connectivity index (χ3n) is 4.58. The predicted molar refractivity (Wildman–Crippen MR) is 96.4 cm³/mol. The molecule has 0 saturated carbocycles. The quantitative estimate of drug-likeness (QED) is 0.875. The maximum atomic E-state index is 12.4. The molecular weight excluding hydrogens is 320 g/mol. The van der Waals surface area contributed by atoms with Gasteiger partial charge >= 0.3 is 0 Å². The van der Waals surface area contributed by atoms with E-state index in [-0.39, 0.29) is 11.9 Å². The van der Waals surface area contributed by atoms with Crippen LogP contribution in [-0.2, 0) is 12.8 Å². The molecule has 1 fully saturated rings. The summed E-state index contributed by atoms with van der Waals surface area (Å²) < 4.78 is 3.89. The summed E-state index contributed by atoms with van der Waals surface area (Å²) in [6.45, 7) is 5.17. The van der Waals surface area contributed by atoms with Crippen LogP contribution < -0.4 is 5.32 Å². The highest BCUT2D eigenvalue weighted by molar-refractivity contribution is 7.08. The van der Waals surface area contributed by atoms with Crippen molar-refractivity contribution in [2.24, 2.45) is 0 Å². The van der Waals surface area contributed by atoms with E-state index in [0.717, 1.165) is 51.0 Å². The van der Waals surface area contributed by atoms with Gasteiger partial charge in [-0.2, -0.15) is 0 Å². The van der Waals surface area contributed by atoms with Gasteiger partial charge in [0.2, 0.25) is 0 Å². The number of carbonyl (C=O) groups excluding carboxylic acids is 1. The van der Waals surface area contributed by atoms with Gasteiger partial charge in [0.1, 0.15) is 4.88 Å². The lowest BCUT2D eigenvalue weighted by Gasteiger charge is -2.32. The molecule has 24 heavy (non-hydrogen) atoms. The number of rotatable bonds is 6. The summed E-state index contributed by atoms with van der Waals surface area (Å²) in [6, 6.07) is 10.9. The van der Waals surface area contributed by atoms with Crippen molar-refractivity contribution in [2.75, 3.05) is 19.6 Å². The maximum Gasteiger partial charge on any atom is 0.265 e. The molecule has 2 aromatic rings. The maximum absolute atomic E-state index is 12.4. The number of aryl methyl sites for hydroxylation is 1. The Kier molecular flexibility index (Phi) is 5.93. The summed E-state index contributed by atoms with van der Waals surface area (Å²) >= 11 is 1.19. The van der Waals surface area contributed by atoms with Gasteiger partial charge in [-0.3, -0.25) is 4.79 Å². The monoisotopic (exact) mass is 344 g/mol. The van der Waals surface area contributed by atoms with E-state index in [0.29, 0.717) is 4.88 Å². The zero-order valence-corrected chi connectivity index (χ0v) is 14.9. The molecule has 1 N–H and O–H groups in total. The van der Waals surface area contributed by atoms with Gasteiger partial charge in [0, 0.05) is 25.7 Å². The average molecular weight is 344 g/mol. The number of piperidine rings is 1. The van der Waals surface area contributed by atoms with Crippen LogP contribution in [0.25, 0.3) is 0 Å². The first-order valence-electron chi connectivity index (χ1n) is 8.64. The molecule has 0 atom stereocenters. The van der Waals surface area contributed by atoms with E-state index in [2.05, 4.69) is 50.1 Å². The molecule has 1 saturated heterocycles. The highest BCUT2D eigenvalue weighted by Gasteiger charge is 2.23. The van der Waals surface area contributed by atoms with Crippen molar-refractivity contribution in [3.8, 4) is 0 Å². The van der Waals surface area contributed by atoms with Gasteiger partial charge in [-0.05, 0) is 42.8 Å². The number of benzene rings is 1. The zero-order chi connectivity index (χ0) is 16.8. The first-order chi connectivity index (χ1) is 11.8. The number of amides is 1. The molecule has 1 amide bonds. The summed E-state index contributed by atoms with van der Waals surface area (Å²) in [5.74, 6) is -0.00964. The molecule has 6 heteroatoms. The minimum Gasteiger partial charge on any atom is -0.348 e. The molecule has 0 unspecified atom stereocenters. The summed E-state index contributed by atoms with van der Waals surface area (Å²) in [6.07, 6.45) is 3.85. The van der Waals surface area contributed by atoms with E-state index < -0.39 is 0 Å². The summed E-state index contributed by atoms with van der Waals surface area (Å²) in [4.78, 5) is 15.5. The van der Waals surface area contributed by atoms with Crippen LogP contribution in [0, 0.1) is 0 Å². The number of hydrogen-bond acceptors (Lipinski definition) is 5. The standard InChI is InChI=1S/C18H24N4OS/c1-2-16-17(24-21-20-16)18(23)19-15-9-12-22(13-10-15)11-8-14-6-4-3-5-7-14/h3-7,15H,2,8-13H2,1H3,(H,19,23). The van der Waals surface area contributed by atoms with E-state index in [1.165, 1.54) is 17.1 Å². The Morgan fingerprint density at radius 3 is 2.75 bits per heavy atom. The van der Waals surface area contributed by atoms with Crippen LogP contribution >= 0.6 is 11.5 Å². The van der Waals surface area contributed by atoms with Crippen molar-refractivity contribution in [1.29, 1.82) is 0 Å². The minimum atomic E-state index is -0.00964. The van der Waals surface area contributed by atoms with Gasteiger partial charge in [-0.25, -0.2) is 0 Å². The van der Waals surface area contributed by atoms with Crippen molar-refractivity contribution in [3.63, 3.8) is 0 Å². The average Bonchev–Trinajstić information content (AvgIpc) is 3.11. The normalized spacial score (nSPS) is 16.2. The van der Waals surface area contributed by atoms with E-state index in [1.54, 1.807) is 0 Å². The first kappa shape index (κ1) is 17.0. The topological polar surface area (TPSA) is 58.1 Å². The fraction of sp³-hybridized carbons (Fsp3) is 0.500. The summed E-state index contributed by atoms with van der Waals surface area (Å²) in [5.41, 5.74) is 2.19. The van der Waals surface area contributed by atoms with Crippen LogP contribution in [0.5, 0.6) is 0 Å². The summed E-state index contributed by atoms with van der Waals surface area (Å²) in [5, 5.41) is 7.17.